The Balaban J connectivity index is 2.19. The molecule has 0 amide bonds. The van der Waals surface area contributed by atoms with Crippen molar-refractivity contribution in [2.45, 2.75) is 12.5 Å². The second kappa shape index (κ2) is 5.83. The molecule has 0 aliphatic heterocycles. The van der Waals surface area contributed by atoms with Gasteiger partial charge in [0.15, 0.2) is 0 Å². The van der Waals surface area contributed by atoms with Crippen LogP contribution in [0.1, 0.15) is 12.5 Å². The molecular formula is C13H13Cl2N3O2. The predicted molar refractivity (Wildman–Crippen MR) is 79.4 cm³/mol. The fourth-order valence-electron chi connectivity index (χ4n) is 1.77. The zero-order valence-electron chi connectivity index (χ0n) is 10.7. The predicted octanol–water partition coefficient (Wildman–Crippen LogP) is 2.40. The van der Waals surface area contributed by atoms with Crippen LogP contribution in [0.2, 0.25) is 10.0 Å². The summed E-state index contributed by atoms with van der Waals surface area (Å²) in [6.07, 6.45) is 1.38. The molecule has 1 aromatic carbocycles. The molecule has 106 valence electrons. The fourth-order valence-corrected chi connectivity index (χ4v) is 2.26. The molecule has 0 unspecified atom stereocenters. The van der Waals surface area contributed by atoms with E-state index in [1.165, 1.54) is 6.20 Å². The summed E-state index contributed by atoms with van der Waals surface area (Å²) >= 11 is 11.9. The van der Waals surface area contributed by atoms with Gasteiger partial charge in [-0.15, -0.1) is 0 Å². The molecule has 1 heterocycles. The van der Waals surface area contributed by atoms with Crippen molar-refractivity contribution in [3.8, 4) is 0 Å². The number of nitrogens with zero attached hydrogens (tertiary/aromatic N) is 1. The third kappa shape index (κ3) is 3.12. The first-order valence-electron chi connectivity index (χ1n) is 5.86. The van der Waals surface area contributed by atoms with Gasteiger partial charge in [0.05, 0.1) is 11.9 Å². The highest BCUT2D eigenvalue weighted by atomic mass is 35.5. The molecule has 0 radical (unpaired) electrons. The van der Waals surface area contributed by atoms with Gasteiger partial charge in [0.25, 0.3) is 5.56 Å². The maximum atomic E-state index is 11.3. The Labute approximate surface area is 125 Å². The van der Waals surface area contributed by atoms with Crippen molar-refractivity contribution in [3.63, 3.8) is 0 Å². The minimum atomic E-state index is -1.22. The highest BCUT2D eigenvalue weighted by molar-refractivity contribution is 6.33. The quantitative estimate of drug-likeness (QED) is 0.810. The summed E-state index contributed by atoms with van der Waals surface area (Å²) in [4.78, 5) is 11.3. The van der Waals surface area contributed by atoms with E-state index in [4.69, 9.17) is 23.2 Å². The molecule has 0 spiro atoms. The number of nitrogens with one attached hydrogen (secondary N) is 2. The number of aliphatic hydroxyl groups is 1. The molecule has 1 aromatic heterocycles. The lowest BCUT2D eigenvalue weighted by Crippen LogP contribution is -2.31. The van der Waals surface area contributed by atoms with E-state index in [1.807, 2.05) is 0 Å². The molecule has 20 heavy (non-hydrogen) atoms. The van der Waals surface area contributed by atoms with Crippen LogP contribution in [0.25, 0.3) is 0 Å². The van der Waals surface area contributed by atoms with Gasteiger partial charge in [0.2, 0.25) is 0 Å². The minimum absolute atomic E-state index is 0.00467. The van der Waals surface area contributed by atoms with Crippen molar-refractivity contribution in [2.24, 2.45) is 0 Å². The van der Waals surface area contributed by atoms with Gasteiger partial charge in [0, 0.05) is 17.1 Å². The first-order valence-corrected chi connectivity index (χ1v) is 6.62. The van der Waals surface area contributed by atoms with Gasteiger partial charge in [-0.1, -0.05) is 41.4 Å². The van der Waals surface area contributed by atoms with E-state index in [9.17, 15) is 9.90 Å². The van der Waals surface area contributed by atoms with Crippen LogP contribution in [0.3, 0.4) is 0 Å². The molecule has 0 saturated carbocycles. The molecule has 0 bridgehead atoms. The molecule has 0 aliphatic rings. The summed E-state index contributed by atoms with van der Waals surface area (Å²) in [7, 11) is 0. The topological polar surface area (TPSA) is 78.0 Å². The van der Waals surface area contributed by atoms with E-state index < -0.39 is 11.2 Å². The maximum absolute atomic E-state index is 11.3. The van der Waals surface area contributed by atoms with Gasteiger partial charge >= 0.3 is 0 Å². The summed E-state index contributed by atoms with van der Waals surface area (Å²) in [5.41, 5.74) is -0.774. The fraction of sp³-hybridized carbons (Fsp3) is 0.231. The monoisotopic (exact) mass is 313 g/mol. The van der Waals surface area contributed by atoms with Crippen LogP contribution in [0.5, 0.6) is 0 Å². The lowest BCUT2D eigenvalue weighted by atomic mass is 9.96. The number of hydrogen-bond acceptors (Lipinski definition) is 4. The Morgan fingerprint density at radius 1 is 1.40 bits per heavy atom. The molecule has 5 nitrogen and oxygen atoms in total. The Kier molecular flexibility index (Phi) is 4.32. The van der Waals surface area contributed by atoms with Crippen LogP contribution in [0, 0.1) is 0 Å². The molecule has 1 atom stereocenters. The number of aromatic nitrogens is 2. The average Bonchev–Trinajstić information content (AvgIpc) is 2.41. The van der Waals surface area contributed by atoms with Crippen molar-refractivity contribution < 1.29 is 5.11 Å². The Hall–Kier alpha value is -1.56. The number of halogens is 2. The largest absolute Gasteiger partial charge is 0.384 e. The summed E-state index contributed by atoms with van der Waals surface area (Å²) in [6, 6.07) is 7.01. The summed E-state index contributed by atoms with van der Waals surface area (Å²) < 4.78 is 0. The zero-order valence-corrected chi connectivity index (χ0v) is 12.2. The average molecular weight is 314 g/mol. The van der Waals surface area contributed by atoms with Crippen LogP contribution in [0.4, 0.5) is 5.69 Å². The standard InChI is InChI=1S/C13H13Cl2N3O2/c1-13(20,8-4-2-3-5-9(8)14)7-16-10-6-17-18-12(19)11(10)15/h2-6,20H,7H2,1H3,(H2,16,18,19)/t13-/m1/s1. The van der Waals surface area contributed by atoms with Crippen molar-refractivity contribution in [2.75, 3.05) is 11.9 Å². The van der Waals surface area contributed by atoms with E-state index >= 15 is 0 Å². The van der Waals surface area contributed by atoms with Crippen molar-refractivity contribution in [1.82, 2.24) is 10.2 Å². The summed E-state index contributed by atoms with van der Waals surface area (Å²) in [5.74, 6) is 0. The lowest BCUT2D eigenvalue weighted by Gasteiger charge is -2.25. The third-order valence-corrected chi connectivity index (χ3v) is 3.58. The Bertz CT molecular complexity index is 671. The van der Waals surface area contributed by atoms with Crippen LogP contribution in [-0.2, 0) is 5.60 Å². The maximum Gasteiger partial charge on any atom is 0.285 e. The molecule has 7 heteroatoms. The SMILES string of the molecule is C[C@@](O)(CNc1cn[nH]c(=O)c1Cl)c1ccccc1Cl. The van der Waals surface area contributed by atoms with Gasteiger partial charge in [-0.2, -0.15) is 5.10 Å². The lowest BCUT2D eigenvalue weighted by molar-refractivity contribution is 0.0716. The number of rotatable bonds is 4. The molecule has 3 N–H and O–H groups in total. The second-order valence-electron chi connectivity index (χ2n) is 4.53. The van der Waals surface area contributed by atoms with Crippen LogP contribution >= 0.6 is 23.2 Å². The molecule has 0 saturated heterocycles. The van der Waals surface area contributed by atoms with Crippen LogP contribution in [0.15, 0.2) is 35.3 Å². The molecule has 2 aromatic rings. The molecule has 2 rings (SSSR count). The second-order valence-corrected chi connectivity index (χ2v) is 5.32. The first-order chi connectivity index (χ1) is 9.42. The highest BCUT2D eigenvalue weighted by Crippen LogP contribution is 2.28. The van der Waals surface area contributed by atoms with Crippen molar-refractivity contribution in [1.29, 1.82) is 0 Å². The number of H-pyrrole nitrogens is 1. The van der Waals surface area contributed by atoms with Gasteiger partial charge in [0.1, 0.15) is 10.6 Å². The van der Waals surface area contributed by atoms with Gasteiger partial charge < -0.3 is 10.4 Å². The zero-order chi connectivity index (χ0) is 14.8. The van der Waals surface area contributed by atoms with Crippen LogP contribution < -0.4 is 10.9 Å². The minimum Gasteiger partial charge on any atom is -0.384 e. The smallest absolute Gasteiger partial charge is 0.285 e. The normalized spacial score (nSPS) is 13.8. The van der Waals surface area contributed by atoms with E-state index in [-0.39, 0.29) is 11.6 Å². The van der Waals surface area contributed by atoms with Gasteiger partial charge in [-0.25, -0.2) is 5.10 Å². The third-order valence-electron chi connectivity index (χ3n) is 2.87. The van der Waals surface area contributed by atoms with E-state index in [2.05, 4.69) is 15.5 Å². The number of anilines is 1. The number of aromatic amines is 1. The van der Waals surface area contributed by atoms with E-state index in [0.29, 0.717) is 16.3 Å². The summed E-state index contributed by atoms with van der Waals surface area (Å²) in [5, 5.41) is 19.7. The van der Waals surface area contributed by atoms with Gasteiger partial charge in [-0.05, 0) is 13.0 Å². The van der Waals surface area contributed by atoms with E-state index in [0.717, 1.165) is 0 Å². The van der Waals surface area contributed by atoms with Crippen LogP contribution in [-0.4, -0.2) is 21.8 Å². The highest BCUT2D eigenvalue weighted by Gasteiger charge is 2.25. The molecule has 0 fully saturated rings. The number of benzene rings is 1. The van der Waals surface area contributed by atoms with Crippen molar-refractivity contribution >= 4 is 28.9 Å². The first kappa shape index (κ1) is 14.8. The summed E-state index contributed by atoms with van der Waals surface area (Å²) in [6.45, 7) is 1.75. The number of hydrogen-bond donors (Lipinski definition) is 3. The molecular weight excluding hydrogens is 301 g/mol. The Morgan fingerprint density at radius 2 is 2.10 bits per heavy atom. The van der Waals surface area contributed by atoms with Gasteiger partial charge in [-0.3, -0.25) is 4.79 Å². The molecule has 0 aliphatic carbocycles. The van der Waals surface area contributed by atoms with Crippen molar-refractivity contribution in [3.05, 3.63) is 56.4 Å². The Morgan fingerprint density at radius 3 is 2.80 bits per heavy atom. The van der Waals surface area contributed by atoms with E-state index in [1.54, 1.807) is 31.2 Å².